The maximum Gasteiger partial charge on any atom is 0.673 e. The second-order valence-corrected chi connectivity index (χ2v) is 4.92. The molecule has 2 aromatic rings. The molecule has 1 N–H and O–H groups in total. The summed E-state index contributed by atoms with van der Waals surface area (Å²) in [6, 6.07) is 0. The minimum Gasteiger partial charge on any atom is -0.460 e. The van der Waals surface area contributed by atoms with Crippen molar-refractivity contribution in [2.24, 2.45) is 0 Å². The van der Waals surface area contributed by atoms with Gasteiger partial charge in [-0.15, -0.1) is 0 Å². The summed E-state index contributed by atoms with van der Waals surface area (Å²) in [6.45, 7) is 3.50. The van der Waals surface area contributed by atoms with Gasteiger partial charge in [0.1, 0.15) is 4.83 Å². The molecule has 7 nitrogen and oxygen atoms in total. The van der Waals surface area contributed by atoms with Crippen LogP contribution < -0.4 is 5.56 Å². The lowest BCUT2D eigenvalue weighted by Gasteiger charge is -2.00. The number of hydrogen-bond donors (Lipinski definition) is 1. The van der Waals surface area contributed by atoms with Gasteiger partial charge in [-0.3, -0.25) is 4.79 Å². The molecule has 0 spiro atoms. The molecule has 0 aliphatic rings. The summed E-state index contributed by atoms with van der Waals surface area (Å²) >= 11 is 1.03. The van der Waals surface area contributed by atoms with E-state index in [1.807, 2.05) is 0 Å². The zero-order valence-electron chi connectivity index (χ0n) is 11.8. The summed E-state index contributed by atoms with van der Waals surface area (Å²) in [4.78, 5) is 33.1. The van der Waals surface area contributed by atoms with Crippen molar-refractivity contribution in [3.8, 4) is 0 Å². The number of esters is 1. The van der Waals surface area contributed by atoms with E-state index >= 15 is 0 Å². The van der Waals surface area contributed by atoms with Crippen LogP contribution in [0.4, 0.5) is 22.3 Å². The van der Waals surface area contributed by atoms with E-state index in [0.29, 0.717) is 20.8 Å². The molecule has 0 radical (unpaired) electrons. The van der Waals surface area contributed by atoms with Crippen LogP contribution in [0.5, 0.6) is 0 Å². The minimum absolute atomic E-state index is 0.153. The Morgan fingerprint density at radius 1 is 1.43 bits per heavy atom. The topological polar surface area (TPSA) is 100 Å². The number of rotatable bonds is 2. The zero-order valence-corrected chi connectivity index (χ0v) is 12.6. The largest absolute Gasteiger partial charge is 0.673 e. The third kappa shape index (κ3) is 5.03. The fraction of sp³-hybridized carbons (Fsp3) is 0.300. The second kappa shape index (κ2) is 7.18. The van der Waals surface area contributed by atoms with Gasteiger partial charge in [0.2, 0.25) is 11.2 Å². The predicted octanol–water partition coefficient (Wildman–Crippen LogP) is 3.25. The van der Waals surface area contributed by atoms with Gasteiger partial charge in [0.25, 0.3) is 5.56 Å². The van der Waals surface area contributed by atoms with Crippen LogP contribution in [0.1, 0.15) is 23.1 Å². The molecule has 0 fully saturated rings. The van der Waals surface area contributed by atoms with Crippen LogP contribution in [-0.4, -0.2) is 29.8 Å². The van der Waals surface area contributed by atoms with Crippen LogP contribution in [0, 0.1) is 12.3 Å². The zero-order chi connectivity index (χ0) is 17.8. The number of aromatic amines is 1. The number of nitrogens with zero attached hydrogens (tertiary/aromatic N) is 3. The van der Waals surface area contributed by atoms with Crippen molar-refractivity contribution in [2.75, 3.05) is 6.61 Å². The van der Waals surface area contributed by atoms with Gasteiger partial charge < -0.3 is 27.0 Å². The first kappa shape index (κ1) is 18.6. The lowest BCUT2D eigenvalue weighted by atomic mass is 10.2. The Hall–Kier alpha value is -2.49. The number of aromatic nitrogens is 2. The lowest BCUT2D eigenvalue weighted by Crippen LogP contribution is -2.17. The first-order chi connectivity index (χ1) is 10.6. The molecule has 0 aliphatic heterocycles. The monoisotopic (exact) mass is 352 g/mol. The fourth-order valence-corrected chi connectivity index (χ4v) is 2.49. The van der Waals surface area contributed by atoms with Crippen LogP contribution >= 0.6 is 11.3 Å². The Morgan fingerprint density at radius 3 is 2.48 bits per heavy atom. The van der Waals surface area contributed by atoms with Crippen LogP contribution in [0.25, 0.3) is 15.2 Å². The second-order valence-electron chi connectivity index (χ2n) is 3.94. The van der Waals surface area contributed by atoms with Crippen LogP contribution in [-0.2, 0) is 4.74 Å². The molecule has 0 aromatic carbocycles. The number of aryl methyl sites for hydroxylation is 1. The SMILES string of the molecule is CCOC(=O)c1nc2sc([N+]#N)c(C)c2c(=O)[nH]1.F[B-](F)(F)F. The third-order valence-electron chi connectivity index (χ3n) is 2.33. The lowest BCUT2D eigenvalue weighted by molar-refractivity contribution is 0.0512. The molecule has 13 heteroatoms. The van der Waals surface area contributed by atoms with Gasteiger partial charge in [0.15, 0.2) is 4.98 Å². The van der Waals surface area contributed by atoms with Crippen LogP contribution in [0.3, 0.4) is 0 Å². The van der Waals surface area contributed by atoms with E-state index in [1.54, 1.807) is 13.8 Å². The number of carbonyl (C=O) groups excluding carboxylic acids is 1. The Labute approximate surface area is 130 Å². The summed E-state index contributed by atoms with van der Waals surface area (Å²) in [5.41, 5.74) is 0.0772. The van der Waals surface area contributed by atoms with Gasteiger partial charge in [-0.25, -0.2) is 9.78 Å². The Bertz CT molecular complexity index is 820. The van der Waals surface area contributed by atoms with E-state index in [-0.39, 0.29) is 12.4 Å². The molecule has 0 aliphatic carbocycles. The summed E-state index contributed by atoms with van der Waals surface area (Å²) in [6.07, 6.45) is 0. The highest BCUT2D eigenvalue weighted by molar-refractivity contribution is 7.22. The van der Waals surface area contributed by atoms with E-state index in [1.165, 1.54) is 0 Å². The highest BCUT2D eigenvalue weighted by Crippen LogP contribution is 2.33. The number of H-pyrrole nitrogens is 1. The van der Waals surface area contributed by atoms with Gasteiger partial charge in [-0.05, 0) is 25.2 Å². The standard InChI is InChI=1S/C10H8N4O3S.BF4/c1-3-17-10(16)6-12-7(15)5-4(2)8(14-11)18-9(5)13-6;2-1(3,4)5/h3H2,1-2H3;/q;-1/p+1. The van der Waals surface area contributed by atoms with Crippen molar-refractivity contribution >= 4 is 39.8 Å². The summed E-state index contributed by atoms with van der Waals surface area (Å²) in [5, 5.41) is 9.39. The van der Waals surface area contributed by atoms with Gasteiger partial charge >= 0.3 is 18.2 Å². The minimum atomic E-state index is -6.00. The maximum atomic E-state index is 11.8. The van der Waals surface area contributed by atoms with E-state index in [0.717, 1.165) is 11.3 Å². The molecule has 23 heavy (non-hydrogen) atoms. The number of diazo groups is 1. The number of fused-ring (bicyclic) bond motifs is 1. The van der Waals surface area contributed by atoms with E-state index in [2.05, 4.69) is 14.9 Å². The smallest absolute Gasteiger partial charge is 0.460 e. The number of hydrogen-bond acceptors (Lipinski definition) is 6. The molecule has 2 aromatic heterocycles. The third-order valence-corrected chi connectivity index (χ3v) is 3.40. The number of nitrogens with one attached hydrogen (secondary N) is 1. The van der Waals surface area contributed by atoms with Crippen molar-refractivity contribution < 1.29 is 26.8 Å². The van der Waals surface area contributed by atoms with E-state index < -0.39 is 18.8 Å². The molecule has 0 saturated carbocycles. The molecule has 0 bridgehead atoms. The average molecular weight is 352 g/mol. The molecule has 0 unspecified atom stereocenters. The Balaban J connectivity index is 0.000000463. The molecule has 0 amide bonds. The molecule has 124 valence electrons. The molecular formula is C10H9BF4N4O3S. The van der Waals surface area contributed by atoms with Crippen molar-refractivity contribution in [3.63, 3.8) is 0 Å². The first-order valence-corrected chi connectivity index (χ1v) is 6.83. The van der Waals surface area contributed by atoms with Gasteiger partial charge in [-0.1, -0.05) is 0 Å². The quantitative estimate of drug-likeness (QED) is 0.387. The Morgan fingerprint density at radius 2 is 2.00 bits per heavy atom. The number of carbonyl (C=O) groups is 1. The summed E-state index contributed by atoms with van der Waals surface area (Å²) in [5.74, 6) is -0.842. The highest BCUT2D eigenvalue weighted by atomic mass is 32.1. The van der Waals surface area contributed by atoms with E-state index in [9.17, 15) is 26.9 Å². The predicted molar refractivity (Wildman–Crippen MR) is 75.9 cm³/mol. The van der Waals surface area contributed by atoms with Gasteiger partial charge in [0, 0.05) is 0 Å². The van der Waals surface area contributed by atoms with Gasteiger partial charge in [-0.2, -0.15) is 0 Å². The number of thiophene rings is 1. The molecule has 0 atom stereocenters. The van der Waals surface area contributed by atoms with Crippen LogP contribution in [0.15, 0.2) is 4.79 Å². The van der Waals surface area contributed by atoms with Gasteiger partial charge in [0.05, 0.1) is 17.6 Å². The number of halogens is 4. The fourth-order valence-electron chi connectivity index (χ4n) is 1.52. The number of ether oxygens (including phenoxy) is 1. The molecule has 0 saturated heterocycles. The van der Waals surface area contributed by atoms with Crippen molar-refractivity contribution in [1.82, 2.24) is 9.97 Å². The highest BCUT2D eigenvalue weighted by Gasteiger charge is 2.23. The summed E-state index contributed by atoms with van der Waals surface area (Å²) < 4.78 is 43.8. The maximum absolute atomic E-state index is 11.8. The molecule has 2 rings (SSSR count). The van der Waals surface area contributed by atoms with E-state index in [4.69, 9.17) is 10.1 Å². The first-order valence-electron chi connectivity index (χ1n) is 6.01. The van der Waals surface area contributed by atoms with Crippen LogP contribution in [0.2, 0.25) is 0 Å². The van der Waals surface area contributed by atoms with Crippen molar-refractivity contribution in [2.45, 2.75) is 13.8 Å². The average Bonchev–Trinajstić information content (AvgIpc) is 2.74. The normalized spacial score (nSPS) is 10.7. The molecular weight excluding hydrogens is 343 g/mol. The summed E-state index contributed by atoms with van der Waals surface area (Å²) in [7, 11) is -6.00. The van der Waals surface area contributed by atoms with Crippen molar-refractivity contribution in [1.29, 1.82) is 5.39 Å². The molecule has 2 heterocycles. The van der Waals surface area contributed by atoms with Crippen molar-refractivity contribution in [3.05, 3.63) is 26.7 Å². The Kier molecular flexibility index (Phi) is 5.80.